The van der Waals surface area contributed by atoms with Gasteiger partial charge in [0.05, 0.1) is 51.0 Å². The Balaban J connectivity index is 1.30. The van der Waals surface area contributed by atoms with Gasteiger partial charge in [-0.25, -0.2) is 0 Å². The number of hydrogen-bond donors (Lipinski definition) is 1. The van der Waals surface area contributed by atoms with Crippen LogP contribution in [0.3, 0.4) is 0 Å². The fourth-order valence-corrected chi connectivity index (χ4v) is 7.10. The number of ether oxygens (including phenoxy) is 4. The lowest BCUT2D eigenvalue weighted by Crippen LogP contribution is -2.43. The minimum Gasteiger partial charge on any atom is -0.497 e. The maximum absolute atomic E-state index is 14.1. The van der Waals surface area contributed by atoms with Gasteiger partial charge < -0.3 is 29.2 Å². The molecule has 4 amide bonds. The molecule has 1 N–H and O–H groups in total. The minimum atomic E-state index is -1.17. The number of imide groups is 1. The van der Waals surface area contributed by atoms with Crippen LogP contribution in [0.2, 0.25) is 0 Å². The molecule has 1 fully saturated rings. The number of amides is 4. The van der Waals surface area contributed by atoms with Crippen LogP contribution in [0.5, 0.6) is 11.5 Å². The normalized spacial score (nSPS) is 16.6. The lowest BCUT2D eigenvalue weighted by Gasteiger charge is -2.38. The van der Waals surface area contributed by atoms with Crippen LogP contribution in [0.4, 0.5) is 0 Å². The standard InChI is InChI=1S/C42H43N3O9/c1-43-37(46)21-22-39(48)54-34-25-31(45(26-34)38(47)23-24-44-40(49)35-11-7-8-12-36(35)41(44)50)27-53-42(28-9-5-4-6-10-28,29-13-17-32(51-2)18-14-29)30-15-19-33(52-3)20-16-30/h4-20,31,34H,21-27H2,1-3H3,(H,43,46)/t31-,34+/m0/s1. The molecule has 2 aliphatic heterocycles. The van der Waals surface area contributed by atoms with Crippen molar-refractivity contribution in [3.8, 4) is 11.5 Å². The first-order valence-electron chi connectivity index (χ1n) is 17.8. The van der Waals surface area contributed by atoms with Crippen molar-refractivity contribution >= 4 is 29.6 Å². The monoisotopic (exact) mass is 733 g/mol. The zero-order chi connectivity index (χ0) is 38.2. The van der Waals surface area contributed by atoms with Crippen LogP contribution in [0.1, 0.15) is 63.1 Å². The fourth-order valence-electron chi connectivity index (χ4n) is 7.10. The maximum Gasteiger partial charge on any atom is 0.306 e. The average Bonchev–Trinajstić information content (AvgIpc) is 3.73. The number of benzene rings is 4. The van der Waals surface area contributed by atoms with Crippen molar-refractivity contribution in [2.75, 3.05) is 41.0 Å². The van der Waals surface area contributed by atoms with E-state index in [1.165, 1.54) is 7.05 Å². The van der Waals surface area contributed by atoms with E-state index < -0.39 is 35.5 Å². The molecule has 12 nitrogen and oxygen atoms in total. The molecule has 280 valence electrons. The molecular formula is C42H43N3O9. The van der Waals surface area contributed by atoms with Gasteiger partial charge in [0.2, 0.25) is 11.8 Å². The Labute approximate surface area is 313 Å². The first kappa shape index (κ1) is 37.7. The summed E-state index contributed by atoms with van der Waals surface area (Å²) < 4.78 is 23.8. The highest BCUT2D eigenvalue weighted by Gasteiger charge is 2.43. The number of rotatable bonds is 15. The van der Waals surface area contributed by atoms with Crippen molar-refractivity contribution < 1.29 is 42.9 Å². The summed E-state index contributed by atoms with van der Waals surface area (Å²) in [5.74, 6) is -0.728. The molecule has 0 spiro atoms. The van der Waals surface area contributed by atoms with Gasteiger partial charge in [-0.1, -0.05) is 66.7 Å². The summed E-state index contributed by atoms with van der Waals surface area (Å²) in [6.07, 6.45) is -0.689. The van der Waals surface area contributed by atoms with Crippen molar-refractivity contribution in [3.05, 3.63) is 131 Å². The number of likely N-dealkylation sites (tertiary alicyclic amines) is 1. The molecule has 4 aromatic carbocycles. The largest absolute Gasteiger partial charge is 0.497 e. The maximum atomic E-state index is 14.1. The van der Waals surface area contributed by atoms with E-state index >= 15 is 0 Å². The molecule has 2 heterocycles. The van der Waals surface area contributed by atoms with Gasteiger partial charge in [-0.3, -0.25) is 28.9 Å². The first-order chi connectivity index (χ1) is 26.2. The van der Waals surface area contributed by atoms with Crippen LogP contribution >= 0.6 is 0 Å². The SMILES string of the molecule is CNC(=O)CCC(=O)O[C@@H]1C[C@@H](COC(c2ccccc2)(c2ccc(OC)cc2)c2ccc(OC)cc2)N(C(=O)CCN2C(=O)c3ccccc3C2=O)C1. The molecule has 12 heteroatoms. The molecule has 0 saturated carbocycles. The van der Waals surface area contributed by atoms with E-state index in [-0.39, 0.29) is 57.2 Å². The van der Waals surface area contributed by atoms with E-state index in [9.17, 15) is 24.0 Å². The third-order valence-corrected chi connectivity index (χ3v) is 9.92. The Morgan fingerprint density at radius 3 is 1.80 bits per heavy atom. The Bertz CT molecular complexity index is 1900. The molecule has 54 heavy (non-hydrogen) atoms. The molecule has 0 bridgehead atoms. The summed E-state index contributed by atoms with van der Waals surface area (Å²) in [5.41, 5.74) is 1.88. The second kappa shape index (κ2) is 16.8. The molecule has 0 aliphatic carbocycles. The molecule has 2 aliphatic rings. The van der Waals surface area contributed by atoms with Crippen LogP contribution < -0.4 is 14.8 Å². The zero-order valence-corrected chi connectivity index (χ0v) is 30.5. The van der Waals surface area contributed by atoms with Gasteiger partial charge in [-0.15, -0.1) is 0 Å². The van der Waals surface area contributed by atoms with Crippen LogP contribution in [-0.2, 0) is 29.5 Å². The fraction of sp³-hybridized carbons (Fsp3) is 0.310. The van der Waals surface area contributed by atoms with Crippen LogP contribution in [0.25, 0.3) is 0 Å². The molecule has 0 unspecified atom stereocenters. The first-order valence-corrected chi connectivity index (χ1v) is 17.8. The van der Waals surface area contributed by atoms with Crippen molar-refractivity contribution in [2.45, 2.75) is 43.4 Å². The molecule has 1 saturated heterocycles. The van der Waals surface area contributed by atoms with Crippen molar-refractivity contribution in [1.29, 1.82) is 0 Å². The number of esters is 1. The number of hydrogen-bond acceptors (Lipinski definition) is 9. The highest BCUT2D eigenvalue weighted by atomic mass is 16.5. The Hall–Kier alpha value is -6.01. The Morgan fingerprint density at radius 1 is 0.722 bits per heavy atom. The van der Waals surface area contributed by atoms with Gasteiger partial charge in [0.1, 0.15) is 23.2 Å². The third kappa shape index (κ3) is 7.84. The Kier molecular flexibility index (Phi) is 11.7. The average molecular weight is 734 g/mol. The second-order valence-electron chi connectivity index (χ2n) is 13.1. The van der Waals surface area contributed by atoms with Gasteiger partial charge >= 0.3 is 5.97 Å². The van der Waals surface area contributed by atoms with E-state index in [2.05, 4.69) is 5.32 Å². The number of fused-ring (bicyclic) bond motifs is 1. The second-order valence-corrected chi connectivity index (χ2v) is 13.1. The van der Waals surface area contributed by atoms with Crippen molar-refractivity contribution in [2.24, 2.45) is 0 Å². The summed E-state index contributed by atoms with van der Waals surface area (Å²) in [7, 11) is 4.69. The lowest BCUT2D eigenvalue weighted by molar-refractivity contribution is -0.150. The topological polar surface area (TPSA) is 141 Å². The van der Waals surface area contributed by atoms with E-state index in [0.29, 0.717) is 22.6 Å². The molecule has 0 radical (unpaired) electrons. The van der Waals surface area contributed by atoms with Gasteiger partial charge in [-0.2, -0.15) is 0 Å². The highest BCUT2D eigenvalue weighted by Crippen LogP contribution is 2.42. The summed E-state index contributed by atoms with van der Waals surface area (Å²) in [5, 5.41) is 2.49. The Morgan fingerprint density at radius 2 is 1.26 bits per heavy atom. The van der Waals surface area contributed by atoms with Crippen LogP contribution in [0.15, 0.2) is 103 Å². The smallest absolute Gasteiger partial charge is 0.306 e. The summed E-state index contributed by atoms with van der Waals surface area (Å²) >= 11 is 0. The van der Waals surface area contributed by atoms with Crippen molar-refractivity contribution in [1.82, 2.24) is 15.1 Å². The number of carbonyl (C=O) groups excluding carboxylic acids is 5. The number of nitrogens with one attached hydrogen (secondary N) is 1. The van der Waals surface area contributed by atoms with Crippen LogP contribution in [0, 0.1) is 0 Å². The van der Waals surface area contributed by atoms with E-state index in [1.54, 1.807) is 43.4 Å². The van der Waals surface area contributed by atoms with Crippen molar-refractivity contribution in [3.63, 3.8) is 0 Å². The molecule has 0 aromatic heterocycles. The van der Waals surface area contributed by atoms with Gasteiger partial charge in [-0.05, 0) is 53.1 Å². The molecule has 2 atom stereocenters. The van der Waals surface area contributed by atoms with Crippen LogP contribution in [-0.4, -0.2) is 92.5 Å². The molecule has 4 aromatic rings. The molecule has 6 rings (SSSR count). The van der Waals surface area contributed by atoms with Gasteiger partial charge in [0, 0.05) is 32.9 Å². The number of nitrogens with zero attached hydrogens (tertiary/aromatic N) is 2. The minimum absolute atomic E-state index is 0.0258. The van der Waals surface area contributed by atoms with E-state index in [0.717, 1.165) is 21.6 Å². The predicted octanol–water partition coefficient (Wildman–Crippen LogP) is 4.74. The summed E-state index contributed by atoms with van der Waals surface area (Å²) in [4.78, 5) is 67.5. The summed E-state index contributed by atoms with van der Waals surface area (Å²) in [6.45, 7) is -0.0143. The van der Waals surface area contributed by atoms with Gasteiger partial charge in [0.15, 0.2) is 0 Å². The summed E-state index contributed by atoms with van der Waals surface area (Å²) in [6, 6.07) is 30.9. The van der Waals surface area contributed by atoms with Gasteiger partial charge in [0.25, 0.3) is 11.8 Å². The number of methoxy groups -OCH3 is 2. The quantitative estimate of drug-likeness (QED) is 0.104. The van der Waals surface area contributed by atoms with E-state index in [4.69, 9.17) is 18.9 Å². The number of carbonyl (C=O) groups is 5. The third-order valence-electron chi connectivity index (χ3n) is 9.92. The molecular weight excluding hydrogens is 690 g/mol. The zero-order valence-electron chi connectivity index (χ0n) is 30.5. The van der Waals surface area contributed by atoms with E-state index in [1.807, 2.05) is 78.9 Å². The lowest BCUT2D eigenvalue weighted by atomic mass is 9.80. The highest BCUT2D eigenvalue weighted by molar-refractivity contribution is 6.21. The predicted molar refractivity (Wildman–Crippen MR) is 198 cm³/mol.